The molecular weight excluding hydrogens is 284 g/mol. The van der Waals surface area contributed by atoms with Crippen LogP contribution in [0.3, 0.4) is 0 Å². The summed E-state index contributed by atoms with van der Waals surface area (Å²) in [6.07, 6.45) is 0.517. The maximum Gasteiger partial charge on any atom is 0.229 e. The van der Waals surface area contributed by atoms with Gasteiger partial charge in [-0.05, 0) is 24.1 Å². The van der Waals surface area contributed by atoms with Crippen LogP contribution in [-0.2, 0) is 4.79 Å². The SMILES string of the molecule is COc1ccc2nc(N3CC(CCl)CC3=O)sc2c1. The summed E-state index contributed by atoms with van der Waals surface area (Å²) in [5.74, 6) is 1.66. The van der Waals surface area contributed by atoms with Gasteiger partial charge in [0.1, 0.15) is 5.75 Å². The number of methoxy groups -OCH3 is 1. The van der Waals surface area contributed by atoms with E-state index in [2.05, 4.69) is 4.98 Å². The standard InChI is InChI=1S/C13H13ClN2O2S/c1-18-9-2-3-10-11(5-9)19-13(15-10)16-7-8(6-14)4-12(16)17/h2-3,5,8H,4,6-7H2,1H3. The first kappa shape index (κ1) is 12.7. The molecule has 0 N–H and O–H groups in total. The molecular formula is C13H13ClN2O2S. The van der Waals surface area contributed by atoms with Crippen LogP contribution in [-0.4, -0.2) is 30.4 Å². The summed E-state index contributed by atoms with van der Waals surface area (Å²) in [6.45, 7) is 0.666. The van der Waals surface area contributed by atoms with E-state index in [9.17, 15) is 4.79 Å². The van der Waals surface area contributed by atoms with Gasteiger partial charge in [0.25, 0.3) is 0 Å². The number of aromatic nitrogens is 1. The number of carbonyl (C=O) groups excluding carboxylic acids is 1. The summed E-state index contributed by atoms with van der Waals surface area (Å²) in [7, 11) is 1.64. The summed E-state index contributed by atoms with van der Waals surface area (Å²) < 4.78 is 6.22. The maximum atomic E-state index is 12.0. The molecule has 2 heterocycles. The molecule has 1 atom stereocenters. The minimum atomic E-state index is 0.108. The van der Waals surface area contributed by atoms with Gasteiger partial charge in [-0.15, -0.1) is 11.6 Å². The summed E-state index contributed by atoms with van der Waals surface area (Å²) in [4.78, 5) is 18.2. The van der Waals surface area contributed by atoms with Gasteiger partial charge in [-0.25, -0.2) is 4.98 Å². The molecule has 1 unspecified atom stereocenters. The number of halogens is 1. The zero-order chi connectivity index (χ0) is 13.4. The molecule has 3 rings (SSSR count). The lowest BCUT2D eigenvalue weighted by Crippen LogP contribution is -2.24. The van der Waals surface area contributed by atoms with Crippen LogP contribution < -0.4 is 9.64 Å². The Morgan fingerprint density at radius 3 is 3.11 bits per heavy atom. The van der Waals surface area contributed by atoms with Crippen molar-refractivity contribution in [3.05, 3.63) is 18.2 Å². The van der Waals surface area contributed by atoms with Crippen molar-refractivity contribution in [3.8, 4) is 5.75 Å². The van der Waals surface area contributed by atoms with Crippen LogP contribution in [0.5, 0.6) is 5.75 Å². The molecule has 1 aliphatic rings. The van der Waals surface area contributed by atoms with Crippen LogP contribution in [0.2, 0.25) is 0 Å². The molecule has 19 heavy (non-hydrogen) atoms. The summed E-state index contributed by atoms with van der Waals surface area (Å²) >= 11 is 7.34. The zero-order valence-corrected chi connectivity index (χ0v) is 12.0. The maximum absolute atomic E-state index is 12.0. The van der Waals surface area contributed by atoms with Crippen molar-refractivity contribution < 1.29 is 9.53 Å². The normalized spacial score (nSPS) is 19.4. The third kappa shape index (κ3) is 2.28. The molecule has 1 aliphatic heterocycles. The van der Waals surface area contributed by atoms with E-state index in [1.165, 1.54) is 11.3 Å². The minimum absolute atomic E-state index is 0.108. The molecule has 0 bridgehead atoms. The lowest BCUT2D eigenvalue weighted by Gasteiger charge is -2.11. The molecule has 0 saturated carbocycles. The van der Waals surface area contributed by atoms with Crippen molar-refractivity contribution in [3.63, 3.8) is 0 Å². The highest BCUT2D eigenvalue weighted by Gasteiger charge is 2.31. The molecule has 1 fully saturated rings. The Kier molecular flexibility index (Phi) is 3.33. The lowest BCUT2D eigenvalue weighted by atomic mass is 10.2. The number of carbonyl (C=O) groups is 1. The van der Waals surface area contributed by atoms with Gasteiger partial charge in [-0.2, -0.15) is 0 Å². The number of fused-ring (bicyclic) bond motifs is 1. The monoisotopic (exact) mass is 296 g/mol. The Balaban J connectivity index is 1.95. The van der Waals surface area contributed by atoms with Gasteiger partial charge in [-0.1, -0.05) is 11.3 Å². The number of alkyl halides is 1. The average molecular weight is 297 g/mol. The van der Waals surface area contributed by atoms with E-state index in [-0.39, 0.29) is 11.8 Å². The Bertz CT molecular complexity index is 628. The van der Waals surface area contributed by atoms with Crippen LogP contribution in [0.1, 0.15) is 6.42 Å². The zero-order valence-electron chi connectivity index (χ0n) is 10.4. The number of hydrogen-bond donors (Lipinski definition) is 0. The highest BCUT2D eigenvalue weighted by atomic mass is 35.5. The molecule has 1 amide bonds. The van der Waals surface area contributed by atoms with E-state index in [1.54, 1.807) is 12.0 Å². The second-order valence-corrected chi connectivity index (χ2v) is 5.88. The fourth-order valence-electron chi connectivity index (χ4n) is 2.21. The predicted octanol–water partition coefficient (Wildman–Crippen LogP) is 2.90. The average Bonchev–Trinajstić information content (AvgIpc) is 3.00. The van der Waals surface area contributed by atoms with Gasteiger partial charge in [0.2, 0.25) is 5.91 Å². The first-order valence-electron chi connectivity index (χ1n) is 6.02. The van der Waals surface area contributed by atoms with Gasteiger partial charge < -0.3 is 4.74 Å². The van der Waals surface area contributed by atoms with Crippen molar-refractivity contribution >= 4 is 44.2 Å². The van der Waals surface area contributed by atoms with Crippen LogP contribution in [0.4, 0.5) is 5.13 Å². The fraction of sp³-hybridized carbons (Fsp3) is 0.385. The van der Waals surface area contributed by atoms with Crippen molar-refractivity contribution in [2.24, 2.45) is 5.92 Å². The van der Waals surface area contributed by atoms with Gasteiger partial charge in [0.05, 0.1) is 17.3 Å². The molecule has 4 nitrogen and oxygen atoms in total. The molecule has 0 aliphatic carbocycles. The molecule has 0 spiro atoms. The molecule has 2 aromatic rings. The Morgan fingerprint density at radius 1 is 1.58 bits per heavy atom. The molecule has 100 valence electrons. The van der Waals surface area contributed by atoms with Crippen LogP contribution >= 0.6 is 22.9 Å². The number of benzene rings is 1. The Morgan fingerprint density at radius 2 is 2.42 bits per heavy atom. The van der Waals surface area contributed by atoms with Crippen LogP contribution in [0.15, 0.2) is 18.2 Å². The topological polar surface area (TPSA) is 42.4 Å². The number of anilines is 1. The number of hydrogen-bond acceptors (Lipinski definition) is 4. The summed E-state index contributed by atoms with van der Waals surface area (Å²) in [6, 6.07) is 5.73. The molecule has 1 aromatic heterocycles. The molecule has 0 radical (unpaired) electrons. The first-order valence-corrected chi connectivity index (χ1v) is 7.37. The van der Waals surface area contributed by atoms with E-state index in [1.807, 2.05) is 18.2 Å². The third-order valence-electron chi connectivity index (χ3n) is 3.24. The van der Waals surface area contributed by atoms with Crippen molar-refractivity contribution in [1.29, 1.82) is 0 Å². The number of nitrogens with zero attached hydrogens (tertiary/aromatic N) is 2. The highest BCUT2D eigenvalue weighted by molar-refractivity contribution is 7.22. The fourth-order valence-corrected chi connectivity index (χ4v) is 3.43. The second-order valence-electron chi connectivity index (χ2n) is 4.56. The summed E-state index contributed by atoms with van der Waals surface area (Å²) in [5, 5.41) is 0.751. The van der Waals surface area contributed by atoms with Crippen LogP contribution in [0, 0.1) is 5.92 Å². The van der Waals surface area contributed by atoms with Crippen molar-refractivity contribution in [2.75, 3.05) is 24.4 Å². The quantitative estimate of drug-likeness (QED) is 0.818. The molecule has 1 aromatic carbocycles. The molecule has 6 heteroatoms. The third-order valence-corrected chi connectivity index (χ3v) is 4.72. The van der Waals surface area contributed by atoms with Crippen LogP contribution in [0.25, 0.3) is 10.2 Å². The van der Waals surface area contributed by atoms with E-state index >= 15 is 0 Å². The van der Waals surface area contributed by atoms with E-state index in [0.717, 1.165) is 21.1 Å². The van der Waals surface area contributed by atoms with Gasteiger partial charge in [-0.3, -0.25) is 9.69 Å². The summed E-state index contributed by atoms with van der Waals surface area (Å²) in [5.41, 5.74) is 0.892. The molecule has 1 saturated heterocycles. The number of rotatable bonds is 3. The van der Waals surface area contributed by atoms with Gasteiger partial charge in [0.15, 0.2) is 5.13 Å². The van der Waals surface area contributed by atoms with Gasteiger partial charge >= 0.3 is 0 Å². The minimum Gasteiger partial charge on any atom is -0.497 e. The predicted molar refractivity (Wildman–Crippen MR) is 77.4 cm³/mol. The number of amides is 1. The second kappa shape index (κ2) is 4.98. The number of ether oxygens (including phenoxy) is 1. The Labute approximate surface area is 119 Å². The van der Waals surface area contributed by atoms with Crippen molar-refractivity contribution in [2.45, 2.75) is 6.42 Å². The smallest absolute Gasteiger partial charge is 0.229 e. The highest BCUT2D eigenvalue weighted by Crippen LogP contribution is 2.34. The van der Waals surface area contributed by atoms with Crippen molar-refractivity contribution in [1.82, 2.24) is 4.98 Å². The largest absolute Gasteiger partial charge is 0.497 e. The van der Waals surface area contributed by atoms with E-state index < -0.39 is 0 Å². The van der Waals surface area contributed by atoms with Gasteiger partial charge in [0, 0.05) is 18.8 Å². The van der Waals surface area contributed by atoms with E-state index in [4.69, 9.17) is 16.3 Å². The lowest BCUT2D eigenvalue weighted by molar-refractivity contribution is -0.117. The van der Waals surface area contributed by atoms with E-state index in [0.29, 0.717) is 18.8 Å². The Hall–Kier alpha value is -1.33. The number of thiazole rings is 1. The first-order chi connectivity index (χ1) is 9.21.